The molecule has 0 saturated carbocycles. The summed E-state index contributed by atoms with van der Waals surface area (Å²) in [4.78, 5) is 30.7. The first-order valence-electron chi connectivity index (χ1n) is 10.1. The molecule has 1 saturated heterocycles. The van der Waals surface area contributed by atoms with Gasteiger partial charge in [0.05, 0.1) is 12.2 Å². The summed E-state index contributed by atoms with van der Waals surface area (Å²) in [7, 11) is 1.74. The van der Waals surface area contributed by atoms with Gasteiger partial charge in [-0.05, 0) is 25.0 Å². The summed E-state index contributed by atoms with van der Waals surface area (Å²) in [6.07, 6.45) is 3.02. The first-order chi connectivity index (χ1) is 13.8. The number of carbonyl (C=O) groups excluding carboxylic acids is 1. The summed E-state index contributed by atoms with van der Waals surface area (Å²) < 4.78 is 13.1. The van der Waals surface area contributed by atoms with Crippen molar-refractivity contribution in [3.8, 4) is 11.6 Å². The predicted octanol–water partition coefficient (Wildman–Crippen LogP) is 2.81. The molecule has 7 heteroatoms. The average molecular weight is 399 g/mol. The number of rotatable bonds is 6. The summed E-state index contributed by atoms with van der Waals surface area (Å²) in [5.41, 5.74) is 1.33. The van der Waals surface area contributed by atoms with E-state index in [1.165, 1.54) is 6.07 Å². The van der Waals surface area contributed by atoms with Gasteiger partial charge in [-0.3, -0.25) is 9.59 Å². The Bertz CT molecular complexity index is 897. The van der Waals surface area contributed by atoms with Crippen molar-refractivity contribution in [2.24, 2.45) is 13.0 Å². The molecule has 3 rings (SSSR count). The lowest BCUT2D eigenvalue weighted by Crippen LogP contribution is -2.41. The number of nitrogens with zero attached hydrogens (tertiary/aromatic N) is 3. The molecule has 0 spiro atoms. The van der Waals surface area contributed by atoms with E-state index in [2.05, 4.69) is 18.8 Å². The molecule has 0 aromatic carbocycles. The lowest BCUT2D eigenvalue weighted by atomic mass is 10.1. The van der Waals surface area contributed by atoms with Gasteiger partial charge >= 0.3 is 0 Å². The van der Waals surface area contributed by atoms with Gasteiger partial charge in [-0.1, -0.05) is 13.8 Å². The van der Waals surface area contributed by atoms with Crippen LogP contribution in [-0.2, 0) is 7.05 Å². The Morgan fingerprint density at radius 1 is 1.24 bits per heavy atom. The second kappa shape index (κ2) is 9.11. The summed E-state index contributed by atoms with van der Waals surface area (Å²) in [6, 6.07) is 6.88. The minimum absolute atomic E-state index is 0.00418. The van der Waals surface area contributed by atoms with Crippen LogP contribution in [0, 0.1) is 12.8 Å². The number of carbonyl (C=O) groups is 1. The lowest BCUT2D eigenvalue weighted by Gasteiger charge is -2.32. The summed E-state index contributed by atoms with van der Waals surface area (Å²) in [6.45, 7) is 7.84. The Kier molecular flexibility index (Phi) is 6.56. The molecule has 0 radical (unpaired) electrons. The fraction of sp³-hybridized carbons (Fsp3) is 0.500. The maximum atomic E-state index is 12.7. The van der Waals surface area contributed by atoms with Crippen molar-refractivity contribution in [1.82, 2.24) is 14.5 Å². The summed E-state index contributed by atoms with van der Waals surface area (Å²) in [5, 5.41) is 0. The molecule has 156 valence electrons. The quantitative estimate of drug-likeness (QED) is 0.747. The number of hydrogen-bond acceptors (Lipinski definition) is 5. The van der Waals surface area contributed by atoms with Crippen LogP contribution in [-0.4, -0.2) is 46.2 Å². The number of pyridine rings is 2. The molecule has 7 nitrogen and oxygen atoms in total. The van der Waals surface area contributed by atoms with E-state index in [4.69, 9.17) is 9.47 Å². The van der Waals surface area contributed by atoms with Crippen LogP contribution < -0.4 is 15.0 Å². The van der Waals surface area contributed by atoms with Gasteiger partial charge in [0.25, 0.3) is 11.5 Å². The van der Waals surface area contributed by atoms with Crippen molar-refractivity contribution in [2.45, 2.75) is 39.7 Å². The summed E-state index contributed by atoms with van der Waals surface area (Å²) in [5.74, 6) is 1.52. The maximum absolute atomic E-state index is 12.7. The van der Waals surface area contributed by atoms with Gasteiger partial charge in [0.1, 0.15) is 11.9 Å². The molecule has 1 fully saturated rings. The maximum Gasteiger partial charge on any atom is 0.255 e. The fourth-order valence-corrected chi connectivity index (χ4v) is 3.20. The van der Waals surface area contributed by atoms with E-state index in [1.807, 2.05) is 17.9 Å². The van der Waals surface area contributed by atoms with E-state index in [0.717, 1.165) is 18.5 Å². The monoisotopic (exact) mass is 399 g/mol. The molecule has 0 N–H and O–H groups in total. The van der Waals surface area contributed by atoms with Gasteiger partial charge in [0, 0.05) is 57.0 Å². The van der Waals surface area contributed by atoms with Crippen LogP contribution in [0.1, 0.15) is 42.7 Å². The normalized spacial score (nSPS) is 14.9. The third kappa shape index (κ3) is 5.37. The topological polar surface area (TPSA) is 73.7 Å². The minimum atomic E-state index is -0.0825. The zero-order valence-electron chi connectivity index (χ0n) is 17.6. The van der Waals surface area contributed by atoms with Crippen LogP contribution in [0.5, 0.6) is 11.6 Å². The molecule has 29 heavy (non-hydrogen) atoms. The van der Waals surface area contributed by atoms with E-state index in [9.17, 15) is 9.59 Å². The van der Waals surface area contributed by atoms with E-state index in [1.54, 1.807) is 29.9 Å². The van der Waals surface area contributed by atoms with Crippen molar-refractivity contribution < 1.29 is 14.3 Å². The number of likely N-dealkylation sites (tertiary alicyclic amines) is 1. The highest BCUT2D eigenvalue weighted by Crippen LogP contribution is 2.20. The number of amides is 1. The highest BCUT2D eigenvalue weighted by molar-refractivity contribution is 5.94. The van der Waals surface area contributed by atoms with Gasteiger partial charge in [-0.15, -0.1) is 0 Å². The second-order valence-corrected chi connectivity index (χ2v) is 7.93. The van der Waals surface area contributed by atoms with Crippen molar-refractivity contribution >= 4 is 5.91 Å². The molecule has 0 aliphatic carbocycles. The molecule has 1 aliphatic heterocycles. The standard InChI is InChI=1S/C22H29N3O4/c1-15(2)14-28-20-6-5-17(13-23-20)22(27)25-9-7-18(8-10-25)29-19-11-16(3)24(4)21(26)12-19/h5-6,11-13,15,18H,7-10,14H2,1-4H3. The van der Waals surface area contributed by atoms with Crippen LogP contribution in [0.3, 0.4) is 0 Å². The van der Waals surface area contributed by atoms with Crippen LogP contribution in [0.15, 0.2) is 35.3 Å². The third-order valence-corrected chi connectivity index (χ3v) is 5.06. The molecule has 0 unspecified atom stereocenters. The van der Waals surface area contributed by atoms with Crippen LogP contribution in [0.2, 0.25) is 0 Å². The number of hydrogen-bond donors (Lipinski definition) is 0. The van der Waals surface area contributed by atoms with Gasteiger partial charge in [-0.25, -0.2) is 4.98 Å². The van der Waals surface area contributed by atoms with Crippen molar-refractivity contribution in [1.29, 1.82) is 0 Å². The molecule has 2 aromatic rings. The van der Waals surface area contributed by atoms with Gasteiger partial charge in [0.2, 0.25) is 5.88 Å². The molecule has 1 amide bonds. The smallest absolute Gasteiger partial charge is 0.255 e. The summed E-state index contributed by atoms with van der Waals surface area (Å²) >= 11 is 0. The number of piperidine rings is 1. The number of aryl methyl sites for hydroxylation is 1. The zero-order valence-corrected chi connectivity index (χ0v) is 17.6. The Labute approximate surface area is 171 Å². The van der Waals surface area contributed by atoms with Crippen LogP contribution in [0.25, 0.3) is 0 Å². The number of ether oxygens (including phenoxy) is 2. The molecule has 2 aromatic heterocycles. The highest BCUT2D eigenvalue weighted by atomic mass is 16.5. The Morgan fingerprint density at radius 3 is 2.55 bits per heavy atom. The SMILES string of the molecule is Cc1cc(OC2CCN(C(=O)c3ccc(OCC(C)C)nc3)CC2)cc(=O)n1C. The molecule has 3 heterocycles. The molecular weight excluding hydrogens is 370 g/mol. The highest BCUT2D eigenvalue weighted by Gasteiger charge is 2.25. The Morgan fingerprint density at radius 2 is 1.97 bits per heavy atom. The predicted molar refractivity (Wildman–Crippen MR) is 111 cm³/mol. The fourth-order valence-electron chi connectivity index (χ4n) is 3.20. The molecular formula is C22H29N3O4. The van der Waals surface area contributed by atoms with E-state index >= 15 is 0 Å². The first kappa shape index (κ1) is 20.9. The van der Waals surface area contributed by atoms with E-state index in [-0.39, 0.29) is 17.6 Å². The largest absolute Gasteiger partial charge is 0.490 e. The van der Waals surface area contributed by atoms with Crippen LogP contribution >= 0.6 is 0 Å². The van der Waals surface area contributed by atoms with E-state index < -0.39 is 0 Å². The number of aromatic nitrogens is 2. The van der Waals surface area contributed by atoms with Crippen LogP contribution in [0.4, 0.5) is 0 Å². The average Bonchev–Trinajstić information content (AvgIpc) is 2.71. The minimum Gasteiger partial charge on any atom is -0.490 e. The van der Waals surface area contributed by atoms with E-state index in [0.29, 0.717) is 42.8 Å². The Balaban J connectivity index is 1.53. The van der Waals surface area contributed by atoms with Gasteiger partial charge in [0.15, 0.2) is 0 Å². The molecule has 0 bridgehead atoms. The first-order valence-corrected chi connectivity index (χ1v) is 10.1. The van der Waals surface area contributed by atoms with Gasteiger partial charge in [-0.2, -0.15) is 0 Å². The van der Waals surface area contributed by atoms with Crippen molar-refractivity contribution in [2.75, 3.05) is 19.7 Å². The Hall–Kier alpha value is -2.83. The van der Waals surface area contributed by atoms with Crippen molar-refractivity contribution in [3.63, 3.8) is 0 Å². The third-order valence-electron chi connectivity index (χ3n) is 5.06. The second-order valence-electron chi connectivity index (χ2n) is 7.93. The zero-order chi connectivity index (χ0) is 21.0. The van der Waals surface area contributed by atoms with Gasteiger partial charge < -0.3 is 18.9 Å². The van der Waals surface area contributed by atoms with Crippen molar-refractivity contribution in [3.05, 3.63) is 52.1 Å². The molecule has 0 atom stereocenters. The molecule has 1 aliphatic rings. The lowest BCUT2D eigenvalue weighted by molar-refractivity contribution is 0.0594.